The van der Waals surface area contributed by atoms with E-state index in [9.17, 15) is 0 Å². The van der Waals surface area contributed by atoms with E-state index in [0.717, 1.165) is 11.4 Å². The minimum atomic E-state index is 0.490. The normalized spacial score (nSPS) is 10.8. The lowest BCUT2D eigenvalue weighted by molar-refractivity contribution is 0.834. The third-order valence-electron chi connectivity index (χ3n) is 2.20. The molecule has 0 aliphatic rings. The van der Waals surface area contributed by atoms with E-state index in [-0.39, 0.29) is 0 Å². The average Bonchev–Trinajstić information content (AvgIpc) is 2.43. The Morgan fingerprint density at radius 1 is 1.00 bits per heavy atom. The number of benzene rings is 1. The van der Waals surface area contributed by atoms with Gasteiger partial charge in [0.1, 0.15) is 5.69 Å². The van der Waals surface area contributed by atoms with Crippen LogP contribution in [0.4, 0.5) is 0 Å². The van der Waals surface area contributed by atoms with E-state index >= 15 is 0 Å². The highest BCUT2D eigenvalue weighted by Gasteiger charge is 2.13. The summed E-state index contributed by atoms with van der Waals surface area (Å²) in [4.78, 5) is 0. The Morgan fingerprint density at radius 3 is 2.00 bits per heavy atom. The number of nitrogens with zero attached hydrogens (tertiary/aromatic N) is 2. The van der Waals surface area contributed by atoms with Crippen molar-refractivity contribution in [1.29, 1.82) is 0 Å². The zero-order valence-electron chi connectivity index (χ0n) is 8.76. The maximum atomic E-state index is 6.12. The van der Waals surface area contributed by atoms with Crippen molar-refractivity contribution >= 4 is 34.8 Å². The Balaban J connectivity index is 2.69. The SMILES string of the molecule is Cc1cc(C)n(-c2c(Cl)cc(Cl)cc2Cl)n1. The predicted octanol–water partition coefficient (Wildman–Crippen LogP) is 4.45. The third kappa shape index (κ3) is 2.05. The van der Waals surface area contributed by atoms with Gasteiger partial charge in [0.25, 0.3) is 0 Å². The van der Waals surface area contributed by atoms with E-state index in [2.05, 4.69) is 5.10 Å². The fraction of sp³-hybridized carbons (Fsp3) is 0.182. The molecule has 16 heavy (non-hydrogen) atoms. The lowest BCUT2D eigenvalue weighted by atomic mass is 10.3. The Bertz CT molecular complexity index is 523. The van der Waals surface area contributed by atoms with E-state index in [1.807, 2.05) is 19.9 Å². The highest BCUT2D eigenvalue weighted by Crippen LogP contribution is 2.32. The third-order valence-corrected chi connectivity index (χ3v) is 3.00. The summed E-state index contributed by atoms with van der Waals surface area (Å²) in [5, 5.41) is 5.83. The summed E-state index contributed by atoms with van der Waals surface area (Å²) < 4.78 is 1.72. The van der Waals surface area contributed by atoms with Crippen LogP contribution in [0.3, 0.4) is 0 Å². The van der Waals surface area contributed by atoms with Gasteiger partial charge in [-0.05, 0) is 32.0 Å². The smallest absolute Gasteiger partial charge is 0.102 e. The van der Waals surface area contributed by atoms with Crippen LogP contribution in [0.15, 0.2) is 18.2 Å². The van der Waals surface area contributed by atoms with E-state index in [0.29, 0.717) is 20.8 Å². The van der Waals surface area contributed by atoms with Gasteiger partial charge in [-0.15, -0.1) is 0 Å². The van der Waals surface area contributed by atoms with Crippen LogP contribution < -0.4 is 0 Å². The van der Waals surface area contributed by atoms with Crippen LogP contribution in [0, 0.1) is 13.8 Å². The second-order valence-electron chi connectivity index (χ2n) is 3.56. The summed E-state index contributed by atoms with van der Waals surface area (Å²) in [6.45, 7) is 3.86. The van der Waals surface area contributed by atoms with Gasteiger partial charge >= 0.3 is 0 Å². The minimum absolute atomic E-state index is 0.490. The molecule has 2 rings (SSSR count). The second kappa shape index (κ2) is 4.28. The molecule has 0 unspecified atom stereocenters. The lowest BCUT2D eigenvalue weighted by Gasteiger charge is -2.09. The van der Waals surface area contributed by atoms with E-state index < -0.39 is 0 Å². The standard InChI is InChI=1S/C11H9Cl3N2/c1-6-3-7(2)16(15-6)11-9(13)4-8(12)5-10(11)14/h3-5H,1-2H3. The molecule has 0 atom stereocenters. The van der Waals surface area contributed by atoms with Crippen molar-refractivity contribution in [2.24, 2.45) is 0 Å². The summed E-state index contributed by atoms with van der Waals surface area (Å²) in [5.74, 6) is 0. The molecule has 0 N–H and O–H groups in total. The van der Waals surface area contributed by atoms with Gasteiger partial charge < -0.3 is 0 Å². The van der Waals surface area contributed by atoms with Crippen LogP contribution in [0.25, 0.3) is 5.69 Å². The quantitative estimate of drug-likeness (QED) is 0.752. The Morgan fingerprint density at radius 2 is 1.56 bits per heavy atom. The molecule has 0 aliphatic carbocycles. The van der Waals surface area contributed by atoms with Gasteiger partial charge in [-0.3, -0.25) is 0 Å². The van der Waals surface area contributed by atoms with Gasteiger partial charge in [0.05, 0.1) is 15.7 Å². The molecule has 0 saturated heterocycles. The molecule has 2 aromatic rings. The molecule has 2 nitrogen and oxygen atoms in total. The fourth-order valence-corrected chi connectivity index (χ4v) is 2.57. The van der Waals surface area contributed by atoms with Gasteiger partial charge in [0, 0.05) is 10.7 Å². The molecular formula is C11H9Cl3N2. The van der Waals surface area contributed by atoms with Gasteiger partial charge in [0.2, 0.25) is 0 Å². The highest BCUT2D eigenvalue weighted by molar-refractivity contribution is 6.40. The van der Waals surface area contributed by atoms with Gasteiger partial charge in [-0.25, -0.2) is 4.68 Å². The molecule has 1 aromatic heterocycles. The molecular weight excluding hydrogens is 266 g/mol. The summed E-state index contributed by atoms with van der Waals surface area (Å²) in [5.41, 5.74) is 2.56. The Hall–Kier alpha value is -0.700. The molecule has 0 amide bonds. The van der Waals surface area contributed by atoms with Gasteiger partial charge in [-0.1, -0.05) is 34.8 Å². The van der Waals surface area contributed by atoms with Crippen LogP contribution in [0.5, 0.6) is 0 Å². The first-order chi connectivity index (χ1) is 7.49. The number of aryl methyl sites for hydroxylation is 2. The molecule has 1 heterocycles. The van der Waals surface area contributed by atoms with Crippen LogP contribution in [-0.2, 0) is 0 Å². The zero-order valence-corrected chi connectivity index (χ0v) is 11.0. The molecule has 1 aromatic carbocycles. The van der Waals surface area contributed by atoms with Crippen molar-refractivity contribution in [3.8, 4) is 5.69 Å². The first-order valence-corrected chi connectivity index (χ1v) is 5.80. The topological polar surface area (TPSA) is 17.8 Å². The molecule has 0 bridgehead atoms. The van der Waals surface area contributed by atoms with Crippen molar-refractivity contribution in [2.45, 2.75) is 13.8 Å². The first kappa shape index (κ1) is 11.8. The van der Waals surface area contributed by atoms with Crippen molar-refractivity contribution in [2.75, 3.05) is 0 Å². The maximum Gasteiger partial charge on any atom is 0.102 e. The summed E-state index contributed by atoms with van der Waals surface area (Å²) >= 11 is 18.1. The van der Waals surface area contributed by atoms with E-state index in [1.54, 1.807) is 16.8 Å². The molecule has 5 heteroatoms. The van der Waals surface area contributed by atoms with Crippen LogP contribution in [0.1, 0.15) is 11.4 Å². The van der Waals surface area contributed by atoms with E-state index in [1.165, 1.54) is 0 Å². The van der Waals surface area contributed by atoms with E-state index in [4.69, 9.17) is 34.8 Å². The monoisotopic (exact) mass is 274 g/mol. The average molecular weight is 276 g/mol. The summed E-state index contributed by atoms with van der Waals surface area (Å²) in [6.07, 6.45) is 0. The van der Waals surface area contributed by atoms with Crippen molar-refractivity contribution < 1.29 is 0 Å². The number of halogens is 3. The molecule has 84 valence electrons. The molecule has 0 saturated carbocycles. The Kier molecular flexibility index (Phi) is 3.15. The zero-order chi connectivity index (χ0) is 11.9. The van der Waals surface area contributed by atoms with Crippen molar-refractivity contribution in [1.82, 2.24) is 9.78 Å². The molecule has 0 spiro atoms. The van der Waals surface area contributed by atoms with Crippen LogP contribution >= 0.6 is 34.8 Å². The highest BCUT2D eigenvalue weighted by atomic mass is 35.5. The minimum Gasteiger partial charge on any atom is -0.235 e. The number of rotatable bonds is 1. The van der Waals surface area contributed by atoms with Gasteiger partial charge in [0.15, 0.2) is 0 Å². The molecule has 0 aliphatic heterocycles. The fourth-order valence-electron chi connectivity index (χ4n) is 1.59. The number of hydrogen-bond acceptors (Lipinski definition) is 1. The Labute approximate surface area is 109 Å². The van der Waals surface area contributed by atoms with Gasteiger partial charge in [-0.2, -0.15) is 5.10 Å². The van der Waals surface area contributed by atoms with Crippen LogP contribution in [-0.4, -0.2) is 9.78 Å². The number of aromatic nitrogens is 2. The maximum absolute atomic E-state index is 6.12. The van der Waals surface area contributed by atoms with Crippen molar-refractivity contribution in [3.05, 3.63) is 44.7 Å². The van der Waals surface area contributed by atoms with Crippen LogP contribution in [0.2, 0.25) is 15.1 Å². The lowest BCUT2D eigenvalue weighted by Crippen LogP contribution is -2.01. The summed E-state index contributed by atoms with van der Waals surface area (Å²) in [6, 6.07) is 5.27. The molecule has 0 radical (unpaired) electrons. The number of hydrogen-bond donors (Lipinski definition) is 0. The summed E-state index contributed by atoms with van der Waals surface area (Å²) in [7, 11) is 0. The largest absolute Gasteiger partial charge is 0.235 e. The van der Waals surface area contributed by atoms with Crippen molar-refractivity contribution in [3.63, 3.8) is 0 Å². The first-order valence-electron chi connectivity index (χ1n) is 4.67. The second-order valence-corrected chi connectivity index (χ2v) is 4.81. The molecule has 0 fully saturated rings. The predicted molar refractivity (Wildman–Crippen MR) is 68.1 cm³/mol.